The van der Waals surface area contributed by atoms with Gasteiger partial charge in [0.15, 0.2) is 0 Å². The third-order valence-corrected chi connectivity index (χ3v) is 9.07. The maximum absolute atomic E-state index is 14.2. The third-order valence-electron chi connectivity index (χ3n) is 7.57. The second kappa shape index (κ2) is 13.5. The number of hydrogen-bond acceptors (Lipinski definition) is 4. The predicted molar refractivity (Wildman–Crippen MR) is 164 cm³/mol. The Balaban J connectivity index is 1.75. The molecule has 1 aliphatic rings. The molecule has 9 heteroatoms. The quantitative estimate of drug-likeness (QED) is 0.321. The third kappa shape index (κ3) is 8.11. The van der Waals surface area contributed by atoms with Crippen LogP contribution in [0.15, 0.2) is 72.8 Å². The number of benzene rings is 3. The lowest BCUT2D eigenvalue weighted by molar-refractivity contribution is -0.140. The van der Waals surface area contributed by atoms with E-state index in [4.69, 9.17) is 11.6 Å². The molecule has 4 rings (SSSR count). The highest BCUT2D eigenvalue weighted by molar-refractivity contribution is 7.92. The van der Waals surface area contributed by atoms with Crippen LogP contribution >= 0.6 is 11.6 Å². The summed E-state index contributed by atoms with van der Waals surface area (Å²) < 4.78 is 27.2. The molecule has 2 amide bonds. The van der Waals surface area contributed by atoms with Gasteiger partial charge in [-0.3, -0.25) is 13.9 Å². The lowest BCUT2D eigenvalue weighted by Gasteiger charge is -2.34. The Morgan fingerprint density at radius 1 is 0.976 bits per heavy atom. The molecule has 0 spiro atoms. The molecular weight excluding hydrogens is 558 g/mol. The fourth-order valence-corrected chi connectivity index (χ4v) is 6.51. The van der Waals surface area contributed by atoms with Gasteiger partial charge in [-0.05, 0) is 55.5 Å². The summed E-state index contributed by atoms with van der Waals surface area (Å²) in [6.45, 7) is 3.35. The van der Waals surface area contributed by atoms with E-state index in [1.807, 2.05) is 68.4 Å². The van der Waals surface area contributed by atoms with Gasteiger partial charge < -0.3 is 10.2 Å². The number of rotatable bonds is 11. The molecule has 3 aromatic rings. The van der Waals surface area contributed by atoms with Crippen molar-refractivity contribution < 1.29 is 18.0 Å². The Bertz CT molecular complexity index is 1470. The lowest BCUT2D eigenvalue weighted by atomic mass is 10.0. The molecule has 41 heavy (non-hydrogen) atoms. The molecule has 0 saturated heterocycles. The molecule has 3 aromatic carbocycles. The maximum atomic E-state index is 14.2. The number of nitrogens with one attached hydrogen (secondary N) is 1. The van der Waals surface area contributed by atoms with Crippen LogP contribution in [0.4, 0.5) is 5.69 Å². The van der Waals surface area contributed by atoms with Crippen molar-refractivity contribution in [1.82, 2.24) is 10.2 Å². The zero-order valence-electron chi connectivity index (χ0n) is 23.8. The molecule has 1 saturated carbocycles. The number of carbonyl (C=O) groups is 2. The van der Waals surface area contributed by atoms with Crippen LogP contribution < -0.4 is 9.62 Å². The van der Waals surface area contributed by atoms with Crippen molar-refractivity contribution in [3.63, 3.8) is 0 Å². The van der Waals surface area contributed by atoms with Crippen molar-refractivity contribution in [3.05, 3.63) is 100 Å². The summed E-state index contributed by atoms with van der Waals surface area (Å²) in [6.07, 6.45) is 5.27. The highest BCUT2D eigenvalue weighted by Gasteiger charge is 2.34. The van der Waals surface area contributed by atoms with Crippen LogP contribution in [0.3, 0.4) is 0 Å². The van der Waals surface area contributed by atoms with Gasteiger partial charge in [-0.1, -0.05) is 90.7 Å². The summed E-state index contributed by atoms with van der Waals surface area (Å²) in [7, 11) is -3.83. The van der Waals surface area contributed by atoms with Gasteiger partial charge in [0.05, 0.1) is 11.9 Å². The highest BCUT2D eigenvalue weighted by Crippen LogP contribution is 2.26. The number of sulfonamides is 1. The molecule has 0 aromatic heterocycles. The van der Waals surface area contributed by atoms with Gasteiger partial charge in [-0.25, -0.2) is 8.42 Å². The van der Waals surface area contributed by atoms with E-state index in [1.54, 1.807) is 18.2 Å². The molecule has 218 valence electrons. The molecule has 1 unspecified atom stereocenters. The molecule has 1 N–H and O–H groups in total. The summed E-state index contributed by atoms with van der Waals surface area (Å²) >= 11 is 6.52. The summed E-state index contributed by atoms with van der Waals surface area (Å²) in [5, 5.41) is 3.63. The SMILES string of the molecule is Cc1ccc(N(CC(=O)N(Cc2ccccc2Cl)C(Cc2ccccc2)C(=O)NC2CCCC2)S(C)(=O)=O)c(C)c1. The van der Waals surface area contributed by atoms with E-state index in [0.29, 0.717) is 16.3 Å². The van der Waals surface area contributed by atoms with E-state index in [2.05, 4.69) is 5.32 Å². The van der Waals surface area contributed by atoms with Crippen LogP contribution in [0.5, 0.6) is 0 Å². The highest BCUT2D eigenvalue weighted by atomic mass is 35.5. The lowest BCUT2D eigenvalue weighted by Crippen LogP contribution is -2.54. The fraction of sp³-hybridized carbons (Fsp3) is 0.375. The maximum Gasteiger partial charge on any atom is 0.244 e. The normalized spacial score (nSPS) is 14.4. The topological polar surface area (TPSA) is 86.8 Å². The van der Waals surface area contributed by atoms with Gasteiger partial charge in [0.2, 0.25) is 21.8 Å². The summed E-state index contributed by atoms with van der Waals surface area (Å²) in [5.74, 6) is -0.739. The van der Waals surface area contributed by atoms with Gasteiger partial charge >= 0.3 is 0 Å². The largest absolute Gasteiger partial charge is 0.352 e. The molecule has 0 bridgehead atoms. The van der Waals surface area contributed by atoms with Gasteiger partial charge in [-0.2, -0.15) is 0 Å². The van der Waals surface area contributed by atoms with Gasteiger partial charge in [0, 0.05) is 24.0 Å². The van der Waals surface area contributed by atoms with E-state index >= 15 is 0 Å². The van der Waals surface area contributed by atoms with Crippen LogP contribution in [0.2, 0.25) is 5.02 Å². The number of nitrogens with zero attached hydrogens (tertiary/aromatic N) is 2. The minimum absolute atomic E-state index is 0.0541. The van der Waals surface area contributed by atoms with E-state index in [-0.39, 0.29) is 24.9 Å². The van der Waals surface area contributed by atoms with E-state index in [9.17, 15) is 18.0 Å². The number of amides is 2. The minimum Gasteiger partial charge on any atom is -0.352 e. The monoisotopic (exact) mass is 595 g/mol. The first kappa shape index (κ1) is 30.6. The first-order valence-corrected chi connectivity index (χ1v) is 16.2. The second-order valence-electron chi connectivity index (χ2n) is 10.9. The number of hydrogen-bond donors (Lipinski definition) is 1. The molecule has 0 heterocycles. The van der Waals surface area contributed by atoms with Gasteiger partial charge in [0.1, 0.15) is 12.6 Å². The van der Waals surface area contributed by atoms with Crippen LogP contribution in [0.25, 0.3) is 0 Å². The van der Waals surface area contributed by atoms with Crippen molar-refractivity contribution in [1.29, 1.82) is 0 Å². The van der Waals surface area contributed by atoms with Crippen LogP contribution in [-0.4, -0.2) is 50.0 Å². The molecular formula is C32H38ClN3O4S. The second-order valence-corrected chi connectivity index (χ2v) is 13.2. The summed E-state index contributed by atoms with van der Waals surface area (Å²) in [6, 6.07) is 21.3. The Hall–Kier alpha value is -3.36. The number of halogens is 1. The van der Waals surface area contributed by atoms with E-state index in [1.165, 1.54) is 4.90 Å². The molecule has 1 fully saturated rings. The standard InChI is InChI=1S/C32H38ClN3O4S/c1-23-17-18-29(24(2)19-23)36(41(3,39)40)22-31(37)35(21-26-13-7-10-16-28(26)33)30(20-25-11-5-4-6-12-25)32(38)34-27-14-8-9-15-27/h4-7,10-13,16-19,27,30H,8-9,14-15,20-22H2,1-3H3,(H,34,38). The van der Waals surface area contributed by atoms with Crippen molar-refractivity contribution in [2.45, 2.75) is 64.6 Å². The Morgan fingerprint density at radius 2 is 1.63 bits per heavy atom. The molecule has 0 radical (unpaired) electrons. The Morgan fingerprint density at radius 3 is 2.27 bits per heavy atom. The Kier molecular flexibility index (Phi) is 10.1. The first-order valence-electron chi connectivity index (χ1n) is 13.9. The number of anilines is 1. The van der Waals surface area contributed by atoms with Crippen molar-refractivity contribution in [2.75, 3.05) is 17.1 Å². The minimum atomic E-state index is -3.83. The van der Waals surface area contributed by atoms with E-state index in [0.717, 1.165) is 52.9 Å². The zero-order valence-corrected chi connectivity index (χ0v) is 25.4. The number of aryl methyl sites for hydroxylation is 2. The summed E-state index contributed by atoms with van der Waals surface area (Å²) in [4.78, 5) is 29.6. The predicted octanol–water partition coefficient (Wildman–Crippen LogP) is 5.42. The number of carbonyl (C=O) groups excluding carboxylic acids is 2. The molecule has 1 aliphatic carbocycles. The van der Waals surface area contributed by atoms with Crippen molar-refractivity contribution in [3.8, 4) is 0 Å². The smallest absolute Gasteiger partial charge is 0.244 e. The van der Waals surface area contributed by atoms with Crippen LogP contribution in [-0.2, 0) is 32.6 Å². The average Bonchev–Trinajstić information content (AvgIpc) is 3.43. The van der Waals surface area contributed by atoms with Crippen molar-refractivity contribution >= 4 is 39.1 Å². The molecule has 0 aliphatic heterocycles. The average molecular weight is 596 g/mol. The summed E-state index contributed by atoms with van der Waals surface area (Å²) in [5.41, 5.74) is 3.72. The zero-order chi connectivity index (χ0) is 29.6. The fourth-order valence-electron chi connectivity index (χ4n) is 5.41. The Labute approximate surface area is 248 Å². The van der Waals surface area contributed by atoms with Crippen LogP contribution in [0, 0.1) is 13.8 Å². The first-order chi connectivity index (χ1) is 19.5. The van der Waals surface area contributed by atoms with Crippen molar-refractivity contribution in [2.24, 2.45) is 0 Å². The van der Waals surface area contributed by atoms with Gasteiger partial charge in [0.25, 0.3) is 0 Å². The molecule has 1 atom stereocenters. The molecule has 7 nitrogen and oxygen atoms in total. The van der Waals surface area contributed by atoms with E-state index < -0.39 is 28.5 Å². The van der Waals surface area contributed by atoms with Crippen LogP contribution in [0.1, 0.15) is 47.9 Å². The van der Waals surface area contributed by atoms with Gasteiger partial charge in [-0.15, -0.1) is 0 Å².